The summed E-state index contributed by atoms with van der Waals surface area (Å²) in [4.78, 5) is 27.4. The van der Waals surface area contributed by atoms with Crippen LogP contribution in [0.4, 0.5) is 0 Å². The Morgan fingerprint density at radius 1 is 1.27 bits per heavy atom. The minimum absolute atomic E-state index is 0.0752. The molecule has 1 aromatic rings. The van der Waals surface area contributed by atoms with E-state index >= 15 is 0 Å². The molecule has 144 valence electrons. The third-order valence-corrected chi connectivity index (χ3v) is 4.86. The van der Waals surface area contributed by atoms with E-state index in [2.05, 4.69) is 24.5 Å². The number of nitrogens with one attached hydrogen (secondary N) is 2. The molecule has 0 spiro atoms. The third-order valence-electron chi connectivity index (χ3n) is 4.86. The number of benzene rings is 1. The van der Waals surface area contributed by atoms with Crippen LogP contribution in [-0.2, 0) is 9.59 Å². The third kappa shape index (κ3) is 5.05. The van der Waals surface area contributed by atoms with Gasteiger partial charge in [0.25, 0.3) is 0 Å². The number of aliphatic hydroxyl groups excluding tert-OH is 1. The summed E-state index contributed by atoms with van der Waals surface area (Å²) in [5.74, 6) is 0.166. The van der Waals surface area contributed by atoms with Crippen molar-refractivity contribution in [3.05, 3.63) is 35.9 Å². The van der Waals surface area contributed by atoms with E-state index in [-0.39, 0.29) is 30.5 Å². The Morgan fingerprint density at radius 2 is 1.96 bits per heavy atom. The van der Waals surface area contributed by atoms with E-state index in [0.717, 1.165) is 18.4 Å². The molecule has 1 saturated heterocycles. The molecule has 1 aliphatic heterocycles. The second-order valence-corrected chi connectivity index (χ2v) is 7.34. The zero-order valence-electron chi connectivity index (χ0n) is 15.9. The Balaban J connectivity index is 2.18. The molecule has 3 atom stereocenters. The van der Waals surface area contributed by atoms with E-state index in [1.807, 2.05) is 35.2 Å². The molecule has 3 N–H and O–H groups in total. The first kappa shape index (κ1) is 20.4. The fourth-order valence-electron chi connectivity index (χ4n) is 3.69. The van der Waals surface area contributed by atoms with Crippen LogP contribution in [-0.4, -0.2) is 54.1 Å². The van der Waals surface area contributed by atoms with E-state index in [9.17, 15) is 14.7 Å². The molecule has 2 amide bonds. The predicted molar refractivity (Wildman–Crippen MR) is 101 cm³/mol. The van der Waals surface area contributed by atoms with Crippen LogP contribution in [0, 0.1) is 5.92 Å². The molecule has 26 heavy (non-hydrogen) atoms. The van der Waals surface area contributed by atoms with Crippen LogP contribution in [0.2, 0.25) is 0 Å². The maximum atomic E-state index is 12.9. The maximum absolute atomic E-state index is 12.9. The summed E-state index contributed by atoms with van der Waals surface area (Å²) >= 11 is 0. The predicted octanol–water partition coefficient (Wildman–Crippen LogP) is 1.46. The lowest BCUT2D eigenvalue weighted by Crippen LogP contribution is -2.51. The average Bonchev–Trinajstić information content (AvgIpc) is 3.11. The molecule has 0 saturated carbocycles. The van der Waals surface area contributed by atoms with E-state index in [1.54, 1.807) is 7.05 Å². The van der Waals surface area contributed by atoms with Crippen molar-refractivity contribution in [2.45, 2.75) is 51.2 Å². The molecule has 1 aromatic carbocycles. The number of aliphatic hydroxyl groups is 1. The first-order valence-electron chi connectivity index (χ1n) is 9.41. The van der Waals surface area contributed by atoms with Gasteiger partial charge in [-0.15, -0.1) is 0 Å². The van der Waals surface area contributed by atoms with Gasteiger partial charge in [0.05, 0.1) is 18.7 Å². The fraction of sp³-hybridized carbons (Fsp3) is 0.600. The minimum Gasteiger partial charge on any atom is -0.394 e. The number of hydrogen-bond donors (Lipinski definition) is 3. The van der Waals surface area contributed by atoms with Crippen LogP contribution in [0.25, 0.3) is 0 Å². The number of likely N-dealkylation sites (tertiary alicyclic amines) is 1. The quantitative estimate of drug-likeness (QED) is 0.655. The number of hydrogen-bond acceptors (Lipinski definition) is 4. The van der Waals surface area contributed by atoms with Crippen LogP contribution in [0.1, 0.15) is 44.7 Å². The number of rotatable bonds is 8. The van der Waals surface area contributed by atoms with Crippen molar-refractivity contribution in [3.63, 3.8) is 0 Å². The Bertz CT molecular complexity index is 591. The standard InChI is InChI=1S/C20H31N3O3/c1-14(2)12-16(13-24)22-19(25)17-10-7-11-23(17)18(20(26)21-3)15-8-5-4-6-9-15/h4-6,8-9,14,16-18,24H,7,10-13H2,1-3H3,(H,21,26)(H,22,25)/t16-,17+,18-/m1/s1. The molecule has 2 rings (SSSR count). The molecule has 0 aliphatic carbocycles. The van der Waals surface area contributed by atoms with Gasteiger partial charge >= 0.3 is 0 Å². The summed E-state index contributed by atoms with van der Waals surface area (Å²) in [6.45, 7) is 4.74. The highest BCUT2D eigenvalue weighted by molar-refractivity contribution is 5.86. The Labute approximate surface area is 156 Å². The normalized spacial score (nSPS) is 20.0. The zero-order chi connectivity index (χ0) is 19.1. The molecule has 0 unspecified atom stereocenters. The van der Waals surface area contributed by atoms with Crippen LogP contribution < -0.4 is 10.6 Å². The van der Waals surface area contributed by atoms with Crippen molar-refractivity contribution in [1.82, 2.24) is 15.5 Å². The van der Waals surface area contributed by atoms with Gasteiger partial charge in [0.1, 0.15) is 6.04 Å². The Morgan fingerprint density at radius 3 is 2.54 bits per heavy atom. The SMILES string of the molecule is CNC(=O)[C@@H](c1ccccc1)N1CCC[C@H]1C(=O)N[C@@H](CO)CC(C)C. The van der Waals surface area contributed by atoms with Gasteiger partial charge in [-0.2, -0.15) is 0 Å². The lowest BCUT2D eigenvalue weighted by Gasteiger charge is -2.32. The lowest BCUT2D eigenvalue weighted by atomic mass is 10.0. The van der Waals surface area contributed by atoms with Crippen molar-refractivity contribution in [1.29, 1.82) is 0 Å². The molecule has 0 bridgehead atoms. The Kier molecular flexibility index (Phi) is 7.60. The highest BCUT2D eigenvalue weighted by Gasteiger charge is 2.39. The lowest BCUT2D eigenvalue weighted by molar-refractivity contribution is -0.131. The van der Waals surface area contributed by atoms with Gasteiger partial charge in [0, 0.05) is 13.6 Å². The Hall–Kier alpha value is -1.92. The summed E-state index contributed by atoms with van der Waals surface area (Å²) in [7, 11) is 1.62. The van der Waals surface area contributed by atoms with Crippen molar-refractivity contribution in [3.8, 4) is 0 Å². The van der Waals surface area contributed by atoms with Gasteiger partial charge in [-0.3, -0.25) is 14.5 Å². The highest BCUT2D eigenvalue weighted by Crippen LogP contribution is 2.30. The monoisotopic (exact) mass is 361 g/mol. The van der Waals surface area contributed by atoms with Gasteiger partial charge in [0.2, 0.25) is 11.8 Å². The van der Waals surface area contributed by atoms with Gasteiger partial charge in [-0.1, -0.05) is 44.2 Å². The number of carbonyl (C=O) groups is 2. The summed E-state index contributed by atoms with van der Waals surface area (Å²) in [5.41, 5.74) is 0.882. The largest absolute Gasteiger partial charge is 0.394 e. The summed E-state index contributed by atoms with van der Waals surface area (Å²) in [6, 6.07) is 8.46. The van der Waals surface area contributed by atoms with Gasteiger partial charge < -0.3 is 15.7 Å². The van der Waals surface area contributed by atoms with Gasteiger partial charge in [0.15, 0.2) is 0 Å². The van der Waals surface area contributed by atoms with Gasteiger partial charge in [-0.05, 0) is 30.7 Å². The second kappa shape index (κ2) is 9.69. The molecule has 1 fully saturated rings. The molecular weight excluding hydrogens is 330 g/mol. The molecule has 0 aromatic heterocycles. The highest BCUT2D eigenvalue weighted by atomic mass is 16.3. The number of nitrogens with zero attached hydrogens (tertiary/aromatic N) is 1. The van der Waals surface area contributed by atoms with Crippen molar-refractivity contribution in [2.75, 3.05) is 20.2 Å². The summed E-state index contributed by atoms with van der Waals surface area (Å²) < 4.78 is 0. The topological polar surface area (TPSA) is 81.7 Å². The number of amides is 2. The molecule has 6 nitrogen and oxygen atoms in total. The van der Waals surface area contributed by atoms with Crippen molar-refractivity contribution in [2.24, 2.45) is 5.92 Å². The van der Waals surface area contributed by atoms with Crippen LogP contribution in [0.5, 0.6) is 0 Å². The van der Waals surface area contributed by atoms with Crippen molar-refractivity contribution >= 4 is 11.8 Å². The van der Waals surface area contributed by atoms with Crippen molar-refractivity contribution < 1.29 is 14.7 Å². The minimum atomic E-state index is -0.489. The summed E-state index contributed by atoms with van der Waals surface area (Å²) in [6.07, 6.45) is 2.31. The molecule has 1 heterocycles. The smallest absolute Gasteiger partial charge is 0.241 e. The van der Waals surface area contributed by atoms with E-state index in [0.29, 0.717) is 18.9 Å². The van der Waals surface area contributed by atoms with E-state index in [4.69, 9.17) is 0 Å². The second-order valence-electron chi connectivity index (χ2n) is 7.34. The molecule has 6 heteroatoms. The summed E-state index contributed by atoms with van der Waals surface area (Å²) in [5, 5.41) is 15.3. The van der Waals surface area contributed by atoms with Crippen LogP contribution in [0.15, 0.2) is 30.3 Å². The molecular formula is C20H31N3O3. The van der Waals surface area contributed by atoms with E-state index in [1.165, 1.54) is 0 Å². The van der Waals surface area contributed by atoms with Crippen LogP contribution >= 0.6 is 0 Å². The first-order valence-corrected chi connectivity index (χ1v) is 9.41. The number of carbonyl (C=O) groups excluding carboxylic acids is 2. The zero-order valence-corrected chi connectivity index (χ0v) is 15.9. The van der Waals surface area contributed by atoms with Gasteiger partial charge in [-0.25, -0.2) is 0 Å². The molecule has 1 aliphatic rings. The first-order chi connectivity index (χ1) is 12.5. The van der Waals surface area contributed by atoms with E-state index < -0.39 is 6.04 Å². The fourth-order valence-corrected chi connectivity index (χ4v) is 3.69. The van der Waals surface area contributed by atoms with Crippen LogP contribution in [0.3, 0.4) is 0 Å². The number of likely N-dealkylation sites (N-methyl/N-ethyl adjacent to an activating group) is 1. The molecule has 0 radical (unpaired) electrons. The maximum Gasteiger partial charge on any atom is 0.241 e. The average molecular weight is 361 g/mol.